The van der Waals surface area contributed by atoms with Gasteiger partial charge in [0.25, 0.3) is 0 Å². The summed E-state index contributed by atoms with van der Waals surface area (Å²) in [7, 11) is 0. The van der Waals surface area contributed by atoms with Gasteiger partial charge >= 0.3 is 5.97 Å². The second-order valence-electron chi connectivity index (χ2n) is 9.13. The predicted octanol–water partition coefficient (Wildman–Crippen LogP) is 3.30. The van der Waals surface area contributed by atoms with Gasteiger partial charge in [0, 0.05) is 10.8 Å². The Balaban J connectivity index is 1.43. The largest absolute Gasteiger partial charge is 0.466 e. The number of esters is 1. The van der Waals surface area contributed by atoms with E-state index in [-0.39, 0.29) is 5.97 Å². The molecule has 2 nitrogen and oxygen atoms in total. The van der Waals surface area contributed by atoms with Crippen molar-refractivity contribution >= 4 is 5.97 Å². The van der Waals surface area contributed by atoms with E-state index in [2.05, 4.69) is 0 Å². The summed E-state index contributed by atoms with van der Waals surface area (Å²) in [6, 6.07) is 0. The standard InChI is InChI=1S/C18H22O2/c1-2-20-12(19)11-17(13(3-4-13)14(17)5-6-14)18(11)15(7-8-15)16(18)9-10-16/h11H,2-10H2,1H3. The van der Waals surface area contributed by atoms with Gasteiger partial charge in [-0.3, -0.25) is 4.79 Å². The molecule has 6 spiro atoms. The first-order valence-electron chi connectivity index (χ1n) is 8.85. The van der Waals surface area contributed by atoms with Crippen LogP contribution in [-0.2, 0) is 9.53 Å². The third-order valence-corrected chi connectivity index (χ3v) is 9.65. The van der Waals surface area contributed by atoms with E-state index in [9.17, 15) is 4.79 Å². The summed E-state index contributed by atoms with van der Waals surface area (Å²) in [5.41, 5.74) is 3.56. The van der Waals surface area contributed by atoms with Crippen LogP contribution in [0, 0.1) is 38.4 Å². The van der Waals surface area contributed by atoms with E-state index in [1.54, 1.807) is 0 Å². The molecule has 0 saturated heterocycles. The van der Waals surface area contributed by atoms with Crippen molar-refractivity contribution in [1.82, 2.24) is 0 Å². The summed E-state index contributed by atoms with van der Waals surface area (Å²) < 4.78 is 5.56. The van der Waals surface area contributed by atoms with Crippen LogP contribution < -0.4 is 0 Å². The molecule has 0 aromatic rings. The predicted molar refractivity (Wildman–Crippen MR) is 71.7 cm³/mol. The summed E-state index contributed by atoms with van der Waals surface area (Å²) in [5.74, 6) is 0.544. The smallest absolute Gasteiger partial charge is 0.310 e. The Kier molecular flexibility index (Phi) is 1.09. The first-order chi connectivity index (χ1) is 9.68. The zero-order valence-corrected chi connectivity index (χ0v) is 12.3. The van der Waals surface area contributed by atoms with Gasteiger partial charge < -0.3 is 4.74 Å². The van der Waals surface area contributed by atoms with Gasteiger partial charge in [-0.15, -0.1) is 0 Å². The first-order valence-corrected chi connectivity index (χ1v) is 8.85. The van der Waals surface area contributed by atoms with Crippen LogP contribution in [-0.4, -0.2) is 12.6 Å². The van der Waals surface area contributed by atoms with Crippen molar-refractivity contribution in [1.29, 1.82) is 0 Å². The average molecular weight is 270 g/mol. The molecule has 0 unspecified atom stereocenters. The number of rotatable bonds is 2. The molecule has 0 aliphatic heterocycles. The Bertz CT molecular complexity index is 531. The highest BCUT2D eigenvalue weighted by Gasteiger charge is 3.23. The van der Waals surface area contributed by atoms with Gasteiger partial charge in [-0.2, -0.15) is 0 Å². The molecular weight excluding hydrogens is 248 g/mol. The van der Waals surface area contributed by atoms with Crippen molar-refractivity contribution in [3.8, 4) is 0 Å². The molecular formula is C18H22O2. The number of hydrogen-bond acceptors (Lipinski definition) is 2. The van der Waals surface area contributed by atoms with Gasteiger partial charge in [-0.25, -0.2) is 0 Å². The number of fused-ring (bicyclic) bond motifs is 7. The van der Waals surface area contributed by atoms with Crippen molar-refractivity contribution < 1.29 is 9.53 Å². The fraction of sp³-hybridized carbons (Fsp3) is 0.944. The fourth-order valence-corrected chi connectivity index (χ4v) is 9.41. The van der Waals surface area contributed by atoms with E-state index in [0.29, 0.717) is 45.0 Å². The van der Waals surface area contributed by atoms with Crippen LogP contribution >= 0.6 is 0 Å². The second kappa shape index (κ2) is 2.13. The summed E-state index contributed by atoms with van der Waals surface area (Å²) in [5, 5.41) is 0. The van der Waals surface area contributed by atoms with Crippen LogP contribution in [0.1, 0.15) is 58.3 Å². The van der Waals surface area contributed by atoms with Crippen LogP contribution in [0.3, 0.4) is 0 Å². The topological polar surface area (TPSA) is 26.3 Å². The molecule has 0 heterocycles. The second-order valence-corrected chi connectivity index (χ2v) is 9.13. The maximum Gasteiger partial charge on any atom is 0.310 e. The Labute approximate surface area is 119 Å². The molecule has 0 radical (unpaired) electrons. The normalized spacial score (nSPS) is 46.0. The van der Waals surface area contributed by atoms with Crippen LogP contribution in [0.25, 0.3) is 0 Å². The highest BCUT2D eigenvalue weighted by atomic mass is 16.5. The minimum atomic E-state index is 0.206. The number of carbonyl (C=O) groups is 1. The maximum absolute atomic E-state index is 12.8. The highest BCUT2D eigenvalue weighted by Crippen LogP contribution is 3.25. The Hall–Kier alpha value is -0.530. The van der Waals surface area contributed by atoms with E-state index >= 15 is 0 Å². The Morgan fingerprint density at radius 3 is 1.45 bits per heavy atom. The zero-order chi connectivity index (χ0) is 13.2. The highest BCUT2D eigenvalue weighted by molar-refractivity contribution is 5.89. The van der Waals surface area contributed by atoms with Crippen molar-refractivity contribution in [3.63, 3.8) is 0 Å². The molecule has 0 aromatic carbocycles. The summed E-state index contributed by atoms with van der Waals surface area (Å²) in [6.07, 6.45) is 11.5. The molecule has 7 aliphatic carbocycles. The van der Waals surface area contributed by atoms with E-state index in [4.69, 9.17) is 4.74 Å². The third kappa shape index (κ3) is 0.520. The molecule has 2 heteroatoms. The number of carbonyl (C=O) groups excluding carboxylic acids is 1. The molecule has 7 rings (SSSR count). The van der Waals surface area contributed by atoms with Gasteiger partial charge in [0.1, 0.15) is 0 Å². The van der Waals surface area contributed by atoms with E-state index < -0.39 is 0 Å². The lowest BCUT2D eigenvalue weighted by Crippen LogP contribution is -2.10. The Morgan fingerprint density at radius 2 is 1.20 bits per heavy atom. The number of ether oxygens (including phenoxy) is 1. The van der Waals surface area contributed by atoms with E-state index in [0.717, 1.165) is 0 Å². The molecule has 106 valence electrons. The average Bonchev–Trinajstić information content (AvgIpc) is 3.25. The lowest BCUT2D eigenvalue weighted by molar-refractivity contribution is -0.145. The van der Waals surface area contributed by atoms with Gasteiger partial charge in [0.2, 0.25) is 0 Å². The third-order valence-electron chi connectivity index (χ3n) is 9.65. The van der Waals surface area contributed by atoms with Crippen LogP contribution in [0.2, 0.25) is 0 Å². The van der Waals surface area contributed by atoms with Gasteiger partial charge in [0.05, 0.1) is 12.5 Å². The first kappa shape index (κ1) is 10.2. The molecule has 7 fully saturated rings. The quantitative estimate of drug-likeness (QED) is 0.720. The molecule has 0 aromatic heterocycles. The van der Waals surface area contributed by atoms with Crippen LogP contribution in [0.15, 0.2) is 0 Å². The summed E-state index contributed by atoms with van der Waals surface area (Å²) in [6.45, 7) is 2.54. The van der Waals surface area contributed by atoms with Crippen LogP contribution in [0.5, 0.6) is 0 Å². The SMILES string of the molecule is CCOC(=O)C1C2(C3(CC3)C23CC3)C12C1(CC1)C21CC1. The van der Waals surface area contributed by atoms with E-state index in [1.807, 2.05) is 6.92 Å². The Morgan fingerprint density at radius 1 is 0.850 bits per heavy atom. The lowest BCUT2D eigenvalue weighted by Gasteiger charge is -1.99. The minimum absolute atomic E-state index is 0.206. The molecule has 7 saturated carbocycles. The summed E-state index contributed by atoms with van der Waals surface area (Å²) >= 11 is 0. The maximum atomic E-state index is 12.8. The molecule has 0 atom stereocenters. The molecule has 0 bridgehead atoms. The van der Waals surface area contributed by atoms with Crippen molar-refractivity contribution in [2.45, 2.75) is 58.3 Å². The minimum Gasteiger partial charge on any atom is -0.466 e. The lowest BCUT2D eigenvalue weighted by atomic mass is 10.1. The van der Waals surface area contributed by atoms with Gasteiger partial charge in [0.15, 0.2) is 0 Å². The fourth-order valence-electron chi connectivity index (χ4n) is 9.41. The molecule has 20 heavy (non-hydrogen) atoms. The number of hydrogen-bond donors (Lipinski definition) is 0. The molecule has 7 aliphatic rings. The van der Waals surface area contributed by atoms with Crippen molar-refractivity contribution in [2.75, 3.05) is 6.61 Å². The van der Waals surface area contributed by atoms with E-state index in [1.165, 1.54) is 51.4 Å². The van der Waals surface area contributed by atoms with Gasteiger partial charge in [-0.1, -0.05) is 0 Å². The van der Waals surface area contributed by atoms with Gasteiger partial charge in [-0.05, 0) is 80.0 Å². The van der Waals surface area contributed by atoms with Crippen molar-refractivity contribution in [3.05, 3.63) is 0 Å². The van der Waals surface area contributed by atoms with Crippen molar-refractivity contribution in [2.24, 2.45) is 38.4 Å². The molecule has 0 amide bonds. The summed E-state index contributed by atoms with van der Waals surface area (Å²) in [4.78, 5) is 12.8. The zero-order valence-electron chi connectivity index (χ0n) is 12.3. The molecule has 0 N–H and O–H groups in total. The monoisotopic (exact) mass is 270 g/mol. The van der Waals surface area contributed by atoms with Crippen LogP contribution in [0.4, 0.5) is 0 Å².